The van der Waals surface area contributed by atoms with Crippen LogP contribution < -0.4 is 0 Å². The molecule has 3 rings (SSSR count). The van der Waals surface area contributed by atoms with Gasteiger partial charge in [0.25, 0.3) is 0 Å². The summed E-state index contributed by atoms with van der Waals surface area (Å²) in [6, 6.07) is 7.04. The maximum Gasteiger partial charge on any atom is 0.135 e. The van der Waals surface area contributed by atoms with Crippen molar-refractivity contribution < 1.29 is 14.0 Å². The molecule has 0 amide bonds. The number of halogens is 1. The van der Waals surface area contributed by atoms with Gasteiger partial charge < -0.3 is 0 Å². The Kier molecular flexibility index (Phi) is 9.74. The zero-order valence-electron chi connectivity index (χ0n) is 19.4. The van der Waals surface area contributed by atoms with Crippen LogP contribution in [0.1, 0.15) is 115 Å². The molecular weight excluding hydrogens is 387 g/mol. The monoisotopic (exact) mass is 428 g/mol. The minimum Gasteiger partial charge on any atom is -0.300 e. The maximum atomic E-state index is 14.0. The second-order valence-corrected chi connectivity index (χ2v) is 10.1. The van der Waals surface area contributed by atoms with Gasteiger partial charge in [0.15, 0.2) is 0 Å². The van der Waals surface area contributed by atoms with Crippen molar-refractivity contribution in [2.45, 2.75) is 109 Å². The number of ketones is 2. The lowest BCUT2D eigenvalue weighted by Gasteiger charge is -2.31. The molecule has 2 atom stereocenters. The lowest BCUT2D eigenvalue weighted by Crippen LogP contribution is -2.23. The van der Waals surface area contributed by atoms with Gasteiger partial charge in [0.1, 0.15) is 17.4 Å². The molecule has 2 aliphatic rings. The summed E-state index contributed by atoms with van der Waals surface area (Å²) in [5.74, 6) is 2.23. The van der Waals surface area contributed by atoms with Crippen molar-refractivity contribution in [2.75, 3.05) is 0 Å². The van der Waals surface area contributed by atoms with Crippen molar-refractivity contribution >= 4 is 11.6 Å². The largest absolute Gasteiger partial charge is 0.300 e. The zero-order chi connectivity index (χ0) is 22.1. The normalized spacial score (nSPS) is 26.5. The van der Waals surface area contributed by atoms with E-state index >= 15 is 0 Å². The summed E-state index contributed by atoms with van der Waals surface area (Å²) < 4.78 is 14.0. The van der Waals surface area contributed by atoms with E-state index in [9.17, 15) is 14.0 Å². The van der Waals surface area contributed by atoms with Crippen LogP contribution in [0.4, 0.5) is 4.39 Å². The second-order valence-electron chi connectivity index (χ2n) is 10.1. The number of carbonyl (C=O) groups excluding carboxylic acids is 2. The van der Waals surface area contributed by atoms with Crippen molar-refractivity contribution in [1.29, 1.82) is 0 Å². The van der Waals surface area contributed by atoms with E-state index in [2.05, 4.69) is 6.92 Å². The summed E-state index contributed by atoms with van der Waals surface area (Å²) >= 11 is 0. The maximum absolute atomic E-state index is 14.0. The van der Waals surface area contributed by atoms with Crippen molar-refractivity contribution in [3.8, 4) is 0 Å². The van der Waals surface area contributed by atoms with Crippen LogP contribution in [-0.2, 0) is 9.59 Å². The van der Waals surface area contributed by atoms with Gasteiger partial charge in [-0.1, -0.05) is 63.6 Å². The Morgan fingerprint density at radius 3 is 2.32 bits per heavy atom. The molecule has 2 fully saturated rings. The summed E-state index contributed by atoms with van der Waals surface area (Å²) in [4.78, 5) is 25.2. The second kappa shape index (κ2) is 12.5. The average molecular weight is 429 g/mol. The van der Waals surface area contributed by atoms with Crippen molar-refractivity contribution in [3.63, 3.8) is 0 Å². The molecule has 1 aromatic carbocycles. The summed E-state index contributed by atoms with van der Waals surface area (Å²) in [5.41, 5.74) is 0.805. The first-order chi connectivity index (χ1) is 15.1. The van der Waals surface area contributed by atoms with E-state index in [0.29, 0.717) is 36.7 Å². The van der Waals surface area contributed by atoms with Crippen molar-refractivity contribution in [3.05, 3.63) is 35.6 Å². The SMILES string of the molecule is CCCCC1CCCC[C@@H]1CC(=O)CCCC(=O)C1CCC(c2ccccc2F)CC1. The molecule has 0 saturated heterocycles. The van der Waals surface area contributed by atoms with E-state index in [-0.39, 0.29) is 17.7 Å². The average Bonchev–Trinajstić information content (AvgIpc) is 2.79. The highest BCUT2D eigenvalue weighted by Crippen LogP contribution is 2.38. The highest BCUT2D eigenvalue weighted by molar-refractivity contribution is 5.83. The van der Waals surface area contributed by atoms with Gasteiger partial charge in [-0.15, -0.1) is 0 Å². The predicted molar refractivity (Wildman–Crippen MR) is 125 cm³/mol. The Bertz CT molecular complexity index is 705. The van der Waals surface area contributed by atoms with Crippen LogP contribution in [0.25, 0.3) is 0 Å². The van der Waals surface area contributed by atoms with Crippen LogP contribution in [0.15, 0.2) is 24.3 Å². The van der Waals surface area contributed by atoms with Crippen molar-refractivity contribution in [2.24, 2.45) is 17.8 Å². The molecule has 1 aromatic rings. The van der Waals surface area contributed by atoms with Crippen LogP contribution in [0.5, 0.6) is 0 Å². The highest BCUT2D eigenvalue weighted by Gasteiger charge is 2.29. The lowest BCUT2D eigenvalue weighted by molar-refractivity contribution is -0.124. The molecule has 0 bridgehead atoms. The van der Waals surface area contributed by atoms with E-state index < -0.39 is 0 Å². The van der Waals surface area contributed by atoms with E-state index in [1.54, 1.807) is 6.07 Å². The van der Waals surface area contributed by atoms with E-state index in [0.717, 1.165) is 43.6 Å². The Morgan fingerprint density at radius 2 is 1.61 bits per heavy atom. The summed E-state index contributed by atoms with van der Waals surface area (Å²) in [6.45, 7) is 2.24. The molecule has 0 N–H and O–H groups in total. The number of benzene rings is 1. The first-order valence-corrected chi connectivity index (χ1v) is 12.9. The zero-order valence-corrected chi connectivity index (χ0v) is 19.4. The molecule has 0 spiro atoms. The van der Waals surface area contributed by atoms with Gasteiger partial charge in [0.2, 0.25) is 0 Å². The highest BCUT2D eigenvalue weighted by atomic mass is 19.1. The van der Waals surface area contributed by atoms with Gasteiger partial charge in [-0.2, -0.15) is 0 Å². The van der Waals surface area contributed by atoms with Crippen LogP contribution in [0.3, 0.4) is 0 Å². The molecule has 0 aliphatic heterocycles. The summed E-state index contributed by atoms with van der Waals surface area (Å²) in [6.07, 6.45) is 14.9. The summed E-state index contributed by atoms with van der Waals surface area (Å²) in [5, 5.41) is 0. The van der Waals surface area contributed by atoms with E-state index in [1.165, 1.54) is 51.0 Å². The molecule has 2 nitrogen and oxygen atoms in total. The number of Topliss-reactive ketones (excluding diaryl/α,β-unsaturated/α-hetero) is 2. The molecule has 0 radical (unpaired) electrons. The smallest absolute Gasteiger partial charge is 0.135 e. The van der Waals surface area contributed by atoms with Crippen LogP contribution in [0, 0.1) is 23.6 Å². The third kappa shape index (κ3) is 7.26. The quantitative estimate of drug-likeness (QED) is 0.360. The number of hydrogen-bond acceptors (Lipinski definition) is 2. The topological polar surface area (TPSA) is 34.1 Å². The van der Waals surface area contributed by atoms with Gasteiger partial charge in [-0.25, -0.2) is 4.39 Å². The molecular formula is C28H41FO2. The third-order valence-electron chi connectivity index (χ3n) is 7.89. The first-order valence-electron chi connectivity index (χ1n) is 12.9. The summed E-state index contributed by atoms with van der Waals surface area (Å²) in [7, 11) is 0. The Labute approximate surface area is 188 Å². The van der Waals surface area contributed by atoms with Gasteiger partial charge >= 0.3 is 0 Å². The third-order valence-corrected chi connectivity index (χ3v) is 7.89. The number of rotatable bonds is 11. The fourth-order valence-electron chi connectivity index (χ4n) is 5.99. The molecule has 2 aliphatic carbocycles. The lowest BCUT2D eigenvalue weighted by atomic mass is 9.74. The van der Waals surface area contributed by atoms with E-state index in [1.807, 2.05) is 12.1 Å². The van der Waals surface area contributed by atoms with Crippen molar-refractivity contribution in [1.82, 2.24) is 0 Å². The number of carbonyl (C=O) groups is 2. The van der Waals surface area contributed by atoms with Gasteiger partial charge in [-0.3, -0.25) is 9.59 Å². The molecule has 0 heterocycles. The number of unbranched alkanes of at least 4 members (excludes halogenated alkanes) is 1. The Morgan fingerprint density at radius 1 is 0.903 bits per heavy atom. The van der Waals surface area contributed by atoms with Crippen LogP contribution in [-0.4, -0.2) is 11.6 Å². The molecule has 1 unspecified atom stereocenters. The van der Waals surface area contributed by atoms with Crippen LogP contribution >= 0.6 is 0 Å². The Balaban J connectivity index is 1.35. The standard InChI is InChI=1S/C28H41FO2/c1-2-3-9-21-10-4-5-11-24(21)20-25(30)12-8-15-28(31)23-18-16-22(17-19-23)26-13-6-7-14-27(26)29/h6-7,13-14,21-24H,2-5,8-12,15-20H2,1H3/t21?,22?,23?,24-/m1/s1. The van der Waals surface area contributed by atoms with Gasteiger partial charge in [-0.05, 0) is 67.9 Å². The predicted octanol–water partition coefficient (Wildman–Crippen LogP) is 7.79. The minimum absolute atomic E-state index is 0.106. The molecule has 0 aromatic heterocycles. The van der Waals surface area contributed by atoms with Gasteiger partial charge in [0, 0.05) is 25.2 Å². The molecule has 3 heteroatoms. The van der Waals surface area contributed by atoms with Crippen LogP contribution in [0.2, 0.25) is 0 Å². The minimum atomic E-state index is -0.120. The molecule has 172 valence electrons. The Hall–Kier alpha value is -1.51. The fraction of sp³-hybridized carbons (Fsp3) is 0.714. The molecule has 2 saturated carbocycles. The fourth-order valence-corrected chi connectivity index (χ4v) is 5.99. The number of hydrogen-bond donors (Lipinski definition) is 0. The van der Waals surface area contributed by atoms with E-state index in [4.69, 9.17) is 0 Å². The first kappa shape index (κ1) is 24.1. The molecule has 31 heavy (non-hydrogen) atoms. The van der Waals surface area contributed by atoms with Gasteiger partial charge in [0.05, 0.1) is 0 Å².